The van der Waals surface area contributed by atoms with Gasteiger partial charge in [-0.05, 0) is 38.8 Å². The second-order valence-electron chi connectivity index (χ2n) is 6.35. The third-order valence-corrected chi connectivity index (χ3v) is 3.36. The van der Waals surface area contributed by atoms with E-state index in [4.69, 9.17) is 9.47 Å². The van der Waals surface area contributed by atoms with Gasteiger partial charge >= 0.3 is 6.09 Å². The van der Waals surface area contributed by atoms with Crippen molar-refractivity contribution in [2.75, 3.05) is 20.2 Å². The van der Waals surface area contributed by atoms with Gasteiger partial charge in [-0.15, -0.1) is 0 Å². The fourth-order valence-electron chi connectivity index (χ4n) is 2.38. The predicted octanol–water partition coefficient (Wildman–Crippen LogP) is 3.25. The van der Waals surface area contributed by atoms with E-state index in [0.29, 0.717) is 19.7 Å². The molecule has 1 amide bonds. The Bertz CT molecular complexity index is 561. The lowest BCUT2D eigenvalue weighted by molar-refractivity contribution is 0.0270. The zero-order valence-corrected chi connectivity index (χ0v) is 13.8. The zero-order valence-electron chi connectivity index (χ0n) is 13.8. The maximum absolute atomic E-state index is 12.1. The molecule has 0 aliphatic carbocycles. The zero-order chi connectivity index (χ0) is 16.2. The first kappa shape index (κ1) is 16.5. The van der Waals surface area contributed by atoms with E-state index in [1.54, 1.807) is 18.2 Å². The summed E-state index contributed by atoms with van der Waals surface area (Å²) in [5.41, 5.74) is 2.73. The topological polar surface area (TPSA) is 51.7 Å². The number of ether oxygens (including phenoxy) is 2. The van der Waals surface area contributed by atoms with Crippen molar-refractivity contribution < 1.29 is 14.3 Å². The fraction of sp³-hybridized carbons (Fsp3) is 0.529. The lowest BCUT2D eigenvalue weighted by Crippen LogP contribution is -2.39. The lowest BCUT2D eigenvalue weighted by Gasteiger charge is -2.29. The summed E-state index contributed by atoms with van der Waals surface area (Å²) in [5.74, 6) is 0. The number of aromatic nitrogens is 1. The predicted molar refractivity (Wildman–Crippen MR) is 85.4 cm³/mol. The Morgan fingerprint density at radius 3 is 2.77 bits per heavy atom. The minimum absolute atomic E-state index is 0.263. The van der Waals surface area contributed by atoms with E-state index >= 15 is 0 Å². The molecule has 0 fully saturated rings. The van der Waals surface area contributed by atoms with Gasteiger partial charge in [0.25, 0.3) is 0 Å². The standard InChI is InChI=1S/C17H24N2O3/c1-17(2,3)22-16(20)19-10-7-13(8-11-19)15-14(12-21-4)6-5-9-18-15/h5-7,9H,8,10-12H2,1-4H3. The smallest absolute Gasteiger partial charge is 0.410 e. The molecule has 0 unspecified atom stereocenters. The molecule has 5 heteroatoms. The van der Waals surface area contributed by atoms with Gasteiger partial charge in [0.15, 0.2) is 0 Å². The lowest BCUT2D eigenvalue weighted by atomic mass is 10.0. The Kier molecular flexibility index (Phi) is 5.19. The molecular formula is C17H24N2O3. The maximum atomic E-state index is 12.1. The molecule has 0 saturated heterocycles. The van der Waals surface area contributed by atoms with Crippen molar-refractivity contribution in [1.82, 2.24) is 9.88 Å². The van der Waals surface area contributed by atoms with Crippen LogP contribution < -0.4 is 0 Å². The molecule has 2 rings (SSSR count). The van der Waals surface area contributed by atoms with Gasteiger partial charge in [0.1, 0.15) is 5.60 Å². The summed E-state index contributed by atoms with van der Waals surface area (Å²) >= 11 is 0. The molecule has 0 atom stereocenters. The van der Waals surface area contributed by atoms with E-state index in [0.717, 1.165) is 23.3 Å². The third kappa shape index (κ3) is 4.31. The van der Waals surface area contributed by atoms with Crippen LogP contribution in [0, 0.1) is 0 Å². The van der Waals surface area contributed by atoms with Crippen molar-refractivity contribution in [3.63, 3.8) is 0 Å². The summed E-state index contributed by atoms with van der Waals surface area (Å²) in [6, 6.07) is 3.93. The monoisotopic (exact) mass is 304 g/mol. The Labute approximate surface area is 131 Å². The Balaban J connectivity index is 2.07. The first-order chi connectivity index (χ1) is 10.4. The summed E-state index contributed by atoms with van der Waals surface area (Å²) in [5, 5.41) is 0. The Morgan fingerprint density at radius 1 is 1.41 bits per heavy atom. The molecule has 0 radical (unpaired) electrons. The van der Waals surface area contributed by atoms with Gasteiger partial charge in [0, 0.05) is 32.0 Å². The third-order valence-electron chi connectivity index (χ3n) is 3.36. The molecule has 120 valence electrons. The summed E-state index contributed by atoms with van der Waals surface area (Å²) < 4.78 is 10.6. The number of rotatable bonds is 3. The highest BCUT2D eigenvalue weighted by Crippen LogP contribution is 2.24. The van der Waals surface area contributed by atoms with Gasteiger partial charge in [0.2, 0.25) is 0 Å². The molecule has 1 aliphatic rings. The van der Waals surface area contributed by atoms with Crippen LogP contribution in [0.4, 0.5) is 4.79 Å². The molecule has 2 heterocycles. The first-order valence-corrected chi connectivity index (χ1v) is 7.51. The van der Waals surface area contributed by atoms with Gasteiger partial charge < -0.3 is 14.4 Å². The van der Waals surface area contributed by atoms with Crippen molar-refractivity contribution in [2.24, 2.45) is 0 Å². The SMILES string of the molecule is COCc1cccnc1C1=CCN(C(=O)OC(C)(C)C)CC1. The molecule has 5 nitrogen and oxygen atoms in total. The number of pyridine rings is 1. The molecule has 1 aliphatic heterocycles. The Hall–Kier alpha value is -1.88. The molecule has 1 aromatic heterocycles. The van der Waals surface area contributed by atoms with Crippen LogP contribution in [0.15, 0.2) is 24.4 Å². The number of amides is 1. The summed E-state index contributed by atoms with van der Waals surface area (Å²) in [6.45, 7) is 7.36. The highest BCUT2D eigenvalue weighted by Gasteiger charge is 2.24. The largest absolute Gasteiger partial charge is 0.444 e. The average molecular weight is 304 g/mol. The van der Waals surface area contributed by atoms with E-state index < -0.39 is 5.60 Å². The number of nitrogens with zero attached hydrogens (tertiary/aromatic N) is 2. The van der Waals surface area contributed by atoms with Crippen LogP contribution in [0.25, 0.3) is 5.57 Å². The van der Waals surface area contributed by atoms with Crippen molar-refractivity contribution in [3.8, 4) is 0 Å². The van der Waals surface area contributed by atoms with Crippen LogP contribution in [0.3, 0.4) is 0 Å². The van der Waals surface area contributed by atoms with E-state index in [-0.39, 0.29) is 6.09 Å². The van der Waals surface area contributed by atoms with Crippen LogP contribution in [0.5, 0.6) is 0 Å². The van der Waals surface area contributed by atoms with Crippen LogP contribution in [-0.2, 0) is 16.1 Å². The van der Waals surface area contributed by atoms with Crippen molar-refractivity contribution in [2.45, 2.75) is 39.4 Å². The molecule has 1 aromatic rings. The van der Waals surface area contributed by atoms with Gasteiger partial charge in [-0.2, -0.15) is 0 Å². The number of methoxy groups -OCH3 is 1. The second kappa shape index (κ2) is 6.92. The quantitative estimate of drug-likeness (QED) is 0.860. The highest BCUT2D eigenvalue weighted by atomic mass is 16.6. The number of carbonyl (C=O) groups excluding carboxylic acids is 1. The molecule has 0 bridgehead atoms. The van der Waals surface area contributed by atoms with Gasteiger partial charge in [0.05, 0.1) is 12.3 Å². The van der Waals surface area contributed by atoms with Crippen LogP contribution in [0.1, 0.15) is 38.4 Å². The minimum Gasteiger partial charge on any atom is -0.444 e. The van der Waals surface area contributed by atoms with Crippen molar-refractivity contribution in [3.05, 3.63) is 35.7 Å². The van der Waals surface area contributed by atoms with Crippen molar-refractivity contribution in [1.29, 1.82) is 0 Å². The molecule has 22 heavy (non-hydrogen) atoms. The maximum Gasteiger partial charge on any atom is 0.410 e. The van der Waals surface area contributed by atoms with Crippen LogP contribution in [-0.4, -0.2) is 41.8 Å². The number of carbonyl (C=O) groups is 1. The Morgan fingerprint density at radius 2 is 2.18 bits per heavy atom. The summed E-state index contributed by atoms with van der Waals surface area (Å²) in [4.78, 5) is 18.2. The van der Waals surface area contributed by atoms with E-state index in [1.807, 2.05) is 32.9 Å². The molecule has 0 aromatic carbocycles. The first-order valence-electron chi connectivity index (χ1n) is 7.51. The highest BCUT2D eigenvalue weighted by molar-refractivity contribution is 5.72. The molecule has 0 N–H and O–H groups in total. The molecule has 0 saturated carbocycles. The van der Waals surface area contributed by atoms with Gasteiger partial charge in [-0.25, -0.2) is 4.79 Å². The van der Waals surface area contributed by atoms with Gasteiger partial charge in [-0.3, -0.25) is 4.98 Å². The summed E-state index contributed by atoms with van der Waals surface area (Å²) in [7, 11) is 1.68. The normalized spacial score (nSPS) is 15.5. The fourth-order valence-corrected chi connectivity index (χ4v) is 2.38. The van der Waals surface area contributed by atoms with Gasteiger partial charge in [-0.1, -0.05) is 12.1 Å². The van der Waals surface area contributed by atoms with E-state index in [1.165, 1.54) is 0 Å². The van der Waals surface area contributed by atoms with E-state index in [9.17, 15) is 4.79 Å². The number of hydrogen-bond acceptors (Lipinski definition) is 4. The minimum atomic E-state index is -0.465. The number of hydrogen-bond donors (Lipinski definition) is 0. The van der Waals surface area contributed by atoms with Crippen LogP contribution in [0.2, 0.25) is 0 Å². The summed E-state index contributed by atoms with van der Waals surface area (Å²) in [6.07, 6.45) is 4.35. The average Bonchev–Trinajstić information content (AvgIpc) is 2.47. The molecular weight excluding hydrogens is 280 g/mol. The van der Waals surface area contributed by atoms with Crippen LogP contribution >= 0.6 is 0 Å². The van der Waals surface area contributed by atoms with E-state index in [2.05, 4.69) is 11.1 Å². The second-order valence-corrected chi connectivity index (χ2v) is 6.35. The molecule has 0 spiro atoms. The van der Waals surface area contributed by atoms with Crippen molar-refractivity contribution >= 4 is 11.7 Å².